The summed E-state index contributed by atoms with van der Waals surface area (Å²) in [5.74, 6) is 0.721. The van der Waals surface area contributed by atoms with Gasteiger partial charge < -0.3 is 34.6 Å². The maximum absolute atomic E-state index is 12.5. The van der Waals surface area contributed by atoms with E-state index >= 15 is 0 Å². The number of ketones is 2. The number of aliphatic hydroxyl groups is 4. The molecule has 0 aromatic heterocycles. The number of hydrogen-bond acceptors (Lipinski definition) is 9. The molecule has 2 aromatic rings. The highest BCUT2D eigenvalue weighted by molar-refractivity contribution is 6.05. The van der Waals surface area contributed by atoms with Gasteiger partial charge in [0.15, 0.2) is 11.6 Å². The molecule has 0 bridgehead atoms. The molecule has 4 N–H and O–H groups in total. The van der Waals surface area contributed by atoms with E-state index < -0.39 is 11.2 Å². The Morgan fingerprint density at radius 3 is 1.59 bits per heavy atom. The van der Waals surface area contributed by atoms with Crippen molar-refractivity contribution in [2.45, 2.75) is 66.6 Å². The van der Waals surface area contributed by atoms with Gasteiger partial charge in [0.2, 0.25) is 0 Å². The summed E-state index contributed by atoms with van der Waals surface area (Å²) >= 11 is 0. The first-order valence-electron chi connectivity index (χ1n) is 12.9. The van der Waals surface area contributed by atoms with Gasteiger partial charge in [-0.2, -0.15) is 0 Å². The van der Waals surface area contributed by atoms with Gasteiger partial charge in [0, 0.05) is 11.1 Å². The molecule has 218 valence electrons. The summed E-state index contributed by atoms with van der Waals surface area (Å²) < 4.78 is 16.2. The van der Waals surface area contributed by atoms with E-state index in [9.17, 15) is 19.8 Å². The zero-order chi connectivity index (χ0) is 30.0. The number of hydrogen-bond donors (Lipinski definition) is 4. The molecule has 2 aromatic carbocycles. The van der Waals surface area contributed by atoms with Gasteiger partial charge in [0.25, 0.3) is 0 Å². The van der Waals surface area contributed by atoms with Crippen LogP contribution in [0.1, 0.15) is 70.7 Å². The number of carbonyl (C=O) groups excluding carboxylic acids is 2. The van der Waals surface area contributed by atoms with Crippen LogP contribution in [-0.2, 0) is 4.74 Å². The van der Waals surface area contributed by atoms with Crippen molar-refractivity contribution in [1.29, 1.82) is 0 Å². The minimum absolute atomic E-state index is 0.00990. The first-order valence-corrected chi connectivity index (χ1v) is 12.9. The smallest absolute Gasteiger partial charge is 0.194 e. The monoisotopic (exact) mass is 548 g/mol. The molecule has 0 aliphatic rings. The number of rotatable bonds is 13. The Hall–Kier alpha value is -2.82. The number of carbonyl (C=O) groups is 2. The quantitative estimate of drug-likeness (QED) is 0.219. The Labute approximate surface area is 231 Å². The van der Waals surface area contributed by atoms with E-state index in [0.717, 1.165) is 28.0 Å². The molecule has 0 aliphatic carbocycles. The van der Waals surface area contributed by atoms with Gasteiger partial charge >= 0.3 is 0 Å². The van der Waals surface area contributed by atoms with Crippen LogP contribution >= 0.6 is 0 Å². The average Bonchev–Trinajstić information content (AvgIpc) is 2.87. The van der Waals surface area contributed by atoms with Crippen molar-refractivity contribution in [2.24, 2.45) is 0 Å². The Kier molecular flexibility index (Phi) is 13.2. The van der Waals surface area contributed by atoms with Gasteiger partial charge in [-0.3, -0.25) is 9.59 Å². The Morgan fingerprint density at radius 2 is 1.15 bits per heavy atom. The zero-order valence-corrected chi connectivity index (χ0v) is 24.4. The maximum atomic E-state index is 12.5. The maximum Gasteiger partial charge on any atom is 0.194 e. The van der Waals surface area contributed by atoms with Gasteiger partial charge in [0.05, 0.1) is 26.4 Å². The number of benzene rings is 2. The molecule has 0 heterocycles. The molecule has 2 rings (SSSR count). The zero-order valence-electron chi connectivity index (χ0n) is 24.4. The van der Waals surface area contributed by atoms with Gasteiger partial charge in [0.1, 0.15) is 35.9 Å². The highest BCUT2D eigenvalue weighted by atomic mass is 16.5. The van der Waals surface area contributed by atoms with Crippen LogP contribution in [0.5, 0.6) is 11.5 Å². The fourth-order valence-electron chi connectivity index (χ4n) is 3.73. The average molecular weight is 549 g/mol. The van der Waals surface area contributed by atoms with Crippen LogP contribution in [-0.4, -0.2) is 82.8 Å². The Morgan fingerprint density at radius 1 is 0.667 bits per heavy atom. The molecule has 0 saturated carbocycles. The van der Waals surface area contributed by atoms with Crippen LogP contribution in [0.2, 0.25) is 0 Å². The number of aliphatic hydroxyl groups excluding tert-OH is 2. The second kappa shape index (κ2) is 15.1. The minimum Gasteiger partial charge on any atom is -0.491 e. The van der Waals surface area contributed by atoms with Gasteiger partial charge in [-0.1, -0.05) is 0 Å². The third-order valence-electron chi connectivity index (χ3n) is 6.08. The lowest BCUT2D eigenvalue weighted by Gasteiger charge is -2.24. The normalized spacial score (nSPS) is 11.5. The van der Waals surface area contributed by atoms with Crippen LogP contribution in [0.4, 0.5) is 0 Å². The molecule has 0 fully saturated rings. The lowest BCUT2D eigenvalue weighted by molar-refractivity contribution is 0.0485. The second-order valence-electron chi connectivity index (χ2n) is 10.3. The van der Waals surface area contributed by atoms with E-state index in [4.69, 9.17) is 24.4 Å². The van der Waals surface area contributed by atoms with Crippen molar-refractivity contribution in [3.8, 4) is 11.5 Å². The summed E-state index contributed by atoms with van der Waals surface area (Å²) in [5.41, 5.74) is 1.66. The van der Waals surface area contributed by atoms with E-state index in [1.165, 1.54) is 27.7 Å². The third kappa shape index (κ3) is 10.0. The minimum atomic E-state index is -1.41. The summed E-state index contributed by atoms with van der Waals surface area (Å²) in [5, 5.41) is 36.8. The molecular weight excluding hydrogens is 504 g/mol. The molecular formula is C30H44O9. The van der Waals surface area contributed by atoms with E-state index in [1.54, 1.807) is 24.3 Å². The van der Waals surface area contributed by atoms with Crippen molar-refractivity contribution in [3.05, 3.63) is 57.6 Å². The van der Waals surface area contributed by atoms with Gasteiger partial charge in [-0.05, 0) is 102 Å². The molecule has 0 amide bonds. The predicted molar refractivity (Wildman–Crippen MR) is 149 cm³/mol. The first kappa shape index (κ1) is 34.2. The van der Waals surface area contributed by atoms with Crippen LogP contribution in [0, 0.1) is 27.7 Å². The summed E-state index contributed by atoms with van der Waals surface area (Å²) in [6.07, 6.45) is 0. The highest BCUT2D eigenvalue weighted by Crippen LogP contribution is 2.34. The fraction of sp³-hybridized carbons (Fsp3) is 0.533. The van der Waals surface area contributed by atoms with Crippen molar-refractivity contribution < 1.29 is 44.2 Å². The number of ether oxygens (including phenoxy) is 3. The van der Waals surface area contributed by atoms with Crippen LogP contribution < -0.4 is 9.47 Å². The predicted octanol–water partition coefficient (Wildman–Crippen LogP) is 3.27. The largest absolute Gasteiger partial charge is 0.491 e. The summed E-state index contributed by atoms with van der Waals surface area (Å²) in [7, 11) is 0. The molecule has 9 nitrogen and oxygen atoms in total. The molecule has 0 saturated heterocycles. The highest BCUT2D eigenvalue weighted by Gasteiger charge is 2.30. The van der Waals surface area contributed by atoms with Crippen LogP contribution in [0.25, 0.3) is 0 Å². The Bertz CT molecular complexity index is 1060. The molecule has 0 radical (unpaired) electrons. The fourth-order valence-corrected chi connectivity index (χ4v) is 3.73. The van der Waals surface area contributed by atoms with Gasteiger partial charge in [-0.25, -0.2) is 0 Å². The Balaban J connectivity index is 0.000000416. The van der Waals surface area contributed by atoms with E-state index in [1.807, 2.05) is 27.7 Å². The standard InChI is InChI=1S/C18H28O5.C12H16O4/c1-11-13(3)16(23-10-9-22-8-7-19)14(4)12(2)15(11)17(20)18(5,6)21;1-12(2,15)11(14)9-3-5-10(6-4-9)16-8-7-13/h19,21H,7-10H2,1-6H3;3-6,13,15H,7-8H2,1-2H3. The van der Waals surface area contributed by atoms with Gasteiger partial charge in [-0.15, -0.1) is 0 Å². The summed E-state index contributed by atoms with van der Waals surface area (Å²) in [4.78, 5) is 24.2. The summed E-state index contributed by atoms with van der Waals surface area (Å²) in [6.45, 7) is 14.7. The first-order chi connectivity index (χ1) is 18.1. The van der Waals surface area contributed by atoms with Crippen molar-refractivity contribution in [2.75, 3.05) is 39.6 Å². The molecule has 9 heteroatoms. The van der Waals surface area contributed by atoms with Crippen molar-refractivity contribution >= 4 is 11.6 Å². The van der Waals surface area contributed by atoms with Crippen molar-refractivity contribution in [3.63, 3.8) is 0 Å². The molecule has 0 atom stereocenters. The third-order valence-corrected chi connectivity index (χ3v) is 6.08. The van der Waals surface area contributed by atoms with Crippen LogP contribution in [0.3, 0.4) is 0 Å². The topological polar surface area (TPSA) is 143 Å². The lowest BCUT2D eigenvalue weighted by Crippen LogP contribution is -2.32. The van der Waals surface area contributed by atoms with E-state index in [0.29, 0.717) is 36.7 Å². The molecule has 0 spiro atoms. The van der Waals surface area contributed by atoms with Crippen LogP contribution in [0.15, 0.2) is 24.3 Å². The van der Waals surface area contributed by atoms with Crippen molar-refractivity contribution in [1.82, 2.24) is 0 Å². The van der Waals surface area contributed by atoms with E-state index in [-0.39, 0.29) is 31.4 Å². The SMILES string of the molecule is CC(C)(O)C(=O)c1ccc(OCCO)cc1.Cc1c(C)c(C(=O)C(C)(C)O)c(C)c(C)c1OCCOCCO. The molecule has 0 aliphatic heterocycles. The second-order valence-corrected chi connectivity index (χ2v) is 10.3. The summed E-state index contributed by atoms with van der Waals surface area (Å²) in [6, 6.07) is 6.45. The number of Topliss-reactive ketones (excluding diaryl/α,β-unsaturated/α-hetero) is 2. The lowest BCUT2D eigenvalue weighted by atomic mass is 9.85. The van der Waals surface area contributed by atoms with E-state index in [2.05, 4.69) is 0 Å². The molecule has 39 heavy (non-hydrogen) atoms. The molecule has 0 unspecified atom stereocenters.